The summed E-state index contributed by atoms with van der Waals surface area (Å²) in [6.07, 6.45) is 0.870. The maximum Gasteiger partial charge on any atom is 0.249 e. The molecule has 6 heteroatoms. The topological polar surface area (TPSA) is 78.5 Å². The third kappa shape index (κ3) is 2.42. The Bertz CT molecular complexity index is 614. The van der Waals surface area contributed by atoms with Crippen LogP contribution in [-0.2, 0) is 20.8 Å². The van der Waals surface area contributed by atoms with Crippen LogP contribution < -0.4 is 10.6 Å². The second-order valence-electron chi connectivity index (χ2n) is 5.39. The first kappa shape index (κ1) is 13.8. The standard InChI is InChI=1S/C15H17N3O3/c1-9-14(20)17-12(19)8-18(9)15(21)13-11-5-3-2-4-10(11)6-7-16-13/h2-5,9,13,16H,6-8H2,1H3,(H,17,19,20). The van der Waals surface area contributed by atoms with Gasteiger partial charge in [-0.2, -0.15) is 0 Å². The van der Waals surface area contributed by atoms with E-state index in [-0.39, 0.29) is 12.5 Å². The SMILES string of the molecule is CC1C(=O)NC(=O)CN1C(=O)C1NCCc2ccccc21. The van der Waals surface area contributed by atoms with E-state index < -0.39 is 23.9 Å². The normalized spacial score (nSPS) is 25.3. The Morgan fingerprint density at radius 3 is 2.86 bits per heavy atom. The summed E-state index contributed by atoms with van der Waals surface area (Å²) in [5, 5.41) is 5.43. The first-order valence-corrected chi connectivity index (χ1v) is 7.03. The monoisotopic (exact) mass is 287 g/mol. The van der Waals surface area contributed by atoms with Crippen LogP contribution in [0.1, 0.15) is 24.1 Å². The summed E-state index contributed by atoms with van der Waals surface area (Å²) in [5.41, 5.74) is 2.06. The van der Waals surface area contributed by atoms with E-state index in [4.69, 9.17) is 0 Å². The molecule has 21 heavy (non-hydrogen) atoms. The lowest BCUT2D eigenvalue weighted by molar-refractivity contribution is -0.150. The summed E-state index contributed by atoms with van der Waals surface area (Å²) in [7, 11) is 0. The minimum atomic E-state index is -0.633. The zero-order chi connectivity index (χ0) is 15.0. The van der Waals surface area contributed by atoms with Crippen LogP contribution in [-0.4, -0.2) is 41.8 Å². The van der Waals surface area contributed by atoms with E-state index in [1.807, 2.05) is 24.3 Å². The largest absolute Gasteiger partial charge is 0.320 e. The van der Waals surface area contributed by atoms with Crippen LogP contribution in [0.4, 0.5) is 0 Å². The second-order valence-corrected chi connectivity index (χ2v) is 5.39. The molecule has 2 atom stereocenters. The summed E-state index contributed by atoms with van der Waals surface area (Å²) in [4.78, 5) is 37.3. The number of piperazine rings is 1. The highest BCUT2D eigenvalue weighted by molar-refractivity contribution is 6.04. The lowest BCUT2D eigenvalue weighted by atomic mass is 9.93. The Kier molecular flexibility index (Phi) is 3.47. The van der Waals surface area contributed by atoms with Crippen LogP contribution >= 0.6 is 0 Å². The Morgan fingerprint density at radius 2 is 2.05 bits per heavy atom. The van der Waals surface area contributed by atoms with Crippen LogP contribution in [0.5, 0.6) is 0 Å². The fraction of sp³-hybridized carbons (Fsp3) is 0.400. The van der Waals surface area contributed by atoms with Gasteiger partial charge in [-0.05, 0) is 24.5 Å². The predicted molar refractivity (Wildman–Crippen MR) is 75.2 cm³/mol. The molecule has 0 spiro atoms. The molecule has 2 heterocycles. The number of hydrogen-bond acceptors (Lipinski definition) is 4. The Labute approximate surface area is 122 Å². The van der Waals surface area contributed by atoms with Gasteiger partial charge in [-0.15, -0.1) is 0 Å². The molecule has 1 fully saturated rings. The van der Waals surface area contributed by atoms with Gasteiger partial charge in [0.2, 0.25) is 17.7 Å². The number of rotatable bonds is 1. The minimum Gasteiger partial charge on any atom is -0.320 e. The van der Waals surface area contributed by atoms with Gasteiger partial charge in [0, 0.05) is 6.54 Å². The van der Waals surface area contributed by atoms with Crippen molar-refractivity contribution in [2.75, 3.05) is 13.1 Å². The summed E-state index contributed by atoms with van der Waals surface area (Å²) in [5.74, 6) is -1.09. The van der Waals surface area contributed by atoms with E-state index in [2.05, 4.69) is 10.6 Å². The molecule has 0 saturated carbocycles. The maximum absolute atomic E-state index is 12.7. The first-order chi connectivity index (χ1) is 10.1. The number of imide groups is 1. The molecule has 2 N–H and O–H groups in total. The summed E-state index contributed by atoms with van der Waals surface area (Å²) >= 11 is 0. The van der Waals surface area contributed by atoms with Crippen molar-refractivity contribution in [2.45, 2.75) is 25.4 Å². The molecular weight excluding hydrogens is 270 g/mol. The molecule has 0 aromatic heterocycles. The quantitative estimate of drug-likeness (QED) is 0.698. The van der Waals surface area contributed by atoms with Gasteiger partial charge >= 0.3 is 0 Å². The van der Waals surface area contributed by atoms with E-state index in [0.717, 1.165) is 17.5 Å². The molecule has 6 nitrogen and oxygen atoms in total. The number of nitrogens with one attached hydrogen (secondary N) is 2. The van der Waals surface area contributed by atoms with Crippen LogP contribution in [0.15, 0.2) is 24.3 Å². The molecule has 0 bridgehead atoms. The second kappa shape index (κ2) is 5.29. The molecule has 1 aromatic carbocycles. The molecule has 110 valence electrons. The zero-order valence-electron chi connectivity index (χ0n) is 11.8. The third-order valence-corrected chi connectivity index (χ3v) is 4.06. The van der Waals surface area contributed by atoms with Crippen LogP contribution in [0.2, 0.25) is 0 Å². The molecule has 2 aliphatic rings. The number of fused-ring (bicyclic) bond motifs is 1. The molecule has 1 aromatic rings. The van der Waals surface area contributed by atoms with Gasteiger partial charge in [-0.1, -0.05) is 24.3 Å². The lowest BCUT2D eigenvalue weighted by Crippen LogP contribution is -2.60. The molecule has 0 aliphatic carbocycles. The average molecular weight is 287 g/mol. The number of benzene rings is 1. The van der Waals surface area contributed by atoms with Crippen LogP contribution in [0, 0.1) is 0 Å². The number of nitrogens with zero attached hydrogens (tertiary/aromatic N) is 1. The van der Waals surface area contributed by atoms with Crippen molar-refractivity contribution in [3.05, 3.63) is 35.4 Å². The number of amides is 3. The van der Waals surface area contributed by atoms with E-state index in [0.29, 0.717) is 6.54 Å². The number of carbonyl (C=O) groups excluding carboxylic acids is 3. The first-order valence-electron chi connectivity index (χ1n) is 7.03. The van der Waals surface area contributed by atoms with Crippen molar-refractivity contribution in [1.82, 2.24) is 15.5 Å². The molecule has 1 saturated heterocycles. The lowest BCUT2D eigenvalue weighted by Gasteiger charge is -2.36. The molecule has 2 unspecified atom stereocenters. The van der Waals surface area contributed by atoms with Gasteiger partial charge < -0.3 is 10.2 Å². The summed E-state index contributed by atoms with van der Waals surface area (Å²) in [6, 6.07) is 6.65. The van der Waals surface area contributed by atoms with Crippen LogP contribution in [0.25, 0.3) is 0 Å². The van der Waals surface area contributed by atoms with Crippen molar-refractivity contribution >= 4 is 17.7 Å². The van der Waals surface area contributed by atoms with Gasteiger partial charge in [-0.25, -0.2) is 0 Å². The van der Waals surface area contributed by atoms with Crippen molar-refractivity contribution in [3.63, 3.8) is 0 Å². The highest BCUT2D eigenvalue weighted by atomic mass is 16.2. The van der Waals surface area contributed by atoms with Gasteiger partial charge in [0.25, 0.3) is 0 Å². The number of carbonyl (C=O) groups is 3. The Balaban J connectivity index is 1.89. The van der Waals surface area contributed by atoms with E-state index in [1.165, 1.54) is 4.90 Å². The summed E-state index contributed by atoms with van der Waals surface area (Å²) < 4.78 is 0. The van der Waals surface area contributed by atoms with E-state index in [1.54, 1.807) is 6.92 Å². The summed E-state index contributed by atoms with van der Waals surface area (Å²) in [6.45, 7) is 2.26. The van der Waals surface area contributed by atoms with Crippen LogP contribution in [0.3, 0.4) is 0 Å². The van der Waals surface area contributed by atoms with Gasteiger partial charge in [0.15, 0.2) is 0 Å². The smallest absolute Gasteiger partial charge is 0.249 e. The Morgan fingerprint density at radius 1 is 1.29 bits per heavy atom. The predicted octanol–water partition coefficient (Wildman–Crippen LogP) is -0.253. The zero-order valence-corrected chi connectivity index (χ0v) is 11.8. The van der Waals surface area contributed by atoms with E-state index >= 15 is 0 Å². The molecule has 3 amide bonds. The van der Waals surface area contributed by atoms with E-state index in [9.17, 15) is 14.4 Å². The molecule has 0 radical (unpaired) electrons. The highest BCUT2D eigenvalue weighted by Crippen LogP contribution is 2.25. The van der Waals surface area contributed by atoms with Crippen molar-refractivity contribution < 1.29 is 14.4 Å². The molecule has 2 aliphatic heterocycles. The highest BCUT2D eigenvalue weighted by Gasteiger charge is 2.38. The Hall–Kier alpha value is -2.21. The fourth-order valence-corrected chi connectivity index (χ4v) is 2.87. The van der Waals surface area contributed by atoms with Crippen molar-refractivity contribution in [2.24, 2.45) is 0 Å². The van der Waals surface area contributed by atoms with Crippen molar-refractivity contribution in [1.29, 1.82) is 0 Å². The minimum absolute atomic E-state index is 0.0773. The number of hydrogen-bond donors (Lipinski definition) is 2. The molecular formula is C15H17N3O3. The van der Waals surface area contributed by atoms with Gasteiger partial charge in [0.05, 0.1) is 0 Å². The van der Waals surface area contributed by atoms with Gasteiger partial charge in [0.1, 0.15) is 18.6 Å². The maximum atomic E-state index is 12.7. The average Bonchev–Trinajstić information content (AvgIpc) is 2.49. The van der Waals surface area contributed by atoms with Crippen molar-refractivity contribution in [3.8, 4) is 0 Å². The fourth-order valence-electron chi connectivity index (χ4n) is 2.87. The third-order valence-electron chi connectivity index (χ3n) is 4.06. The van der Waals surface area contributed by atoms with Gasteiger partial charge in [-0.3, -0.25) is 19.7 Å². The molecule has 3 rings (SSSR count).